The third-order valence-electron chi connectivity index (χ3n) is 6.40. The summed E-state index contributed by atoms with van der Waals surface area (Å²) in [5, 5.41) is 13.1. The van der Waals surface area contributed by atoms with Crippen molar-refractivity contribution in [1.29, 1.82) is 0 Å². The standard InChI is InChI=1S/C27H31F3N6O5/c28-27(29,30)41-22-7-3-5-19(13-22)16-31-26(39)23-17-36(34-33-23)10-2-1-9-35-11-8-21(15-25(35)38)32-24(37)14-20-6-4-12-40-18-20/h3,5,7-8,11,13,15,17,20H,1-2,4,6,9-10,12,14,16,18H2,(H,31,39)(H,32,37). The number of benzene rings is 1. The van der Waals surface area contributed by atoms with Crippen molar-refractivity contribution < 1.29 is 32.2 Å². The molecule has 41 heavy (non-hydrogen) atoms. The second-order valence-corrected chi connectivity index (χ2v) is 9.73. The van der Waals surface area contributed by atoms with Gasteiger partial charge >= 0.3 is 6.36 Å². The molecule has 0 saturated carbocycles. The maximum Gasteiger partial charge on any atom is 0.573 e. The summed E-state index contributed by atoms with van der Waals surface area (Å²) in [4.78, 5) is 37.1. The van der Waals surface area contributed by atoms with Gasteiger partial charge in [-0.2, -0.15) is 0 Å². The van der Waals surface area contributed by atoms with E-state index in [9.17, 15) is 27.6 Å². The molecule has 14 heteroatoms. The van der Waals surface area contributed by atoms with Crippen molar-refractivity contribution in [2.75, 3.05) is 18.5 Å². The van der Waals surface area contributed by atoms with Crippen molar-refractivity contribution in [3.63, 3.8) is 0 Å². The number of nitrogens with one attached hydrogen (secondary N) is 2. The number of pyridine rings is 1. The first-order valence-electron chi connectivity index (χ1n) is 13.3. The van der Waals surface area contributed by atoms with E-state index >= 15 is 0 Å². The Morgan fingerprint density at radius 3 is 2.73 bits per heavy atom. The first-order valence-corrected chi connectivity index (χ1v) is 13.3. The molecule has 1 aromatic carbocycles. The molecule has 3 heterocycles. The van der Waals surface area contributed by atoms with Gasteiger partial charge in [-0.15, -0.1) is 18.3 Å². The summed E-state index contributed by atoms with van der Waals surface area (Å²) in [6, 6.07) is 8.41. The third-order valence-corrected chi connectivity index (χ3v) is 6.40. The van der Waals surface area contributed by atoms with Gasteiger partial charge in [-0.3, -0.25) is 19.1 Å². The van der Waals surface area contributed by atoms with Crippen LogP contribution in [-0.4, -0.2) is 51.0 Å². The van der Waals surface area contributed by atoms with E-state index in [2.05, 4.69) is 25.7 Å². The fourth-order valence-corrected chi connectivity index (χ4v) is 4.41. The van der Waals surface area contributed by atoms with Crippen molar-refractivity contribution in [3.8, 4) is 5.75 Å². The van der Waals surface area contributed by atoms with Crippen LogP contribution < -0.4 is 20.9 Å². The summed E-state index contributed by atoms with van der Waals surface area (Å²) in [5.41, 5.74) is 0.730. The van der Waals surface area contributed by atoms with E-state index in [4.69, 9.17) is 4.74 Å². The predicted molar refractivity (Wildman–Crippen MR) is 141 cm³/mol. The van der Waals surface area contributed by atoms with Crippen molar-refractivity contribution in [3.05, 3.63) is 70.4 Å². The normalized spacial score (nSPS) is 15.3. The number of unbranched alkanes of at least 4 members (excludes halogenated alkanes) is 1. The fourth-order valence-electron chi connectivity index (χ4n) is 4.41. The number of anilines is 1. The number of ether oxygens (including phenoxy) is 2. The van der Waals surface area contributed by atoms with Gasteiger partial charge in [0.2, 0.25) is 5.91 Å². The molecule has 220 valence electrons. The molecule has 3 aromatic rings. The Morgan fingerprint density at radius 1 is 1.15 bits per heavy atom. The number of aryl methyl sites for hydroxylation is 2. The van der Waals surface area contributed by atoms with E-state index in [1.165, 1.54) is 35.1 Å². The van der Waals surface area contributed by atoms with Crippen LogP contribution >= 0.6 is 0 Å². The highest BCUT2D eigenvalue weighted by Crippen LogP contribution is 2.23. The molecule has 2 aromatic heterocycles. The van der Waals surface area contributed by atoms with Crippen LogP contribution in [0.25, 0.3) is 0 Å². The van der Waals surface area contributed by atoms with Gasteiger partial charge in [0.15, 0.2) is 5.69 Å². The van der Waals surface area contributed by atoms with Gasteiger partial charge < -0.3 is 24.7 Å². The molecule has 2 amide bonds. The van der Waals surface area contributed by atoms with E-state index in [0.717, 1.165) is 19.4 Å². The molecule has 0 bridgehead atoms. The molecule has 0 aliphatic carbocycles. The van der Waals surface area contributed by atoms with Crippen LogP contribution in [0.2, 0.25) is 0 Å². The molecular formula is C27H31F3N6O5. The highest BCUT2D eigenvalue weighted by molar-refractivity contribution is 5.91. The molecule has 2 N–H and O–H groups in total. The zero-order valence-electron chi connectivity index (χ0n) is 22.2. The highest BCUT2D eigenvalue weighted by atomic mass is 19.4. The molecule has 0 spiro atoms. The fraction of sp³-hybridized carbons (Fsp3) is 0.444. The molecule has 1 fully saturated rings. The van der Waals surface area contributed by atoms with Crippen molar-refractivity contribution >= 4 is 17.5 Å². The molecule has 1 saturated heterocycles. The molecule has 1 aliphatic heterocycles. The number of alkyl halides is 3. The quantitative estimate of drug-likeness (QED) is 0.316. The van der Waals surface area contributed by atoms with Gasteiger partial charge in [0.05, 0.1) is 6.20 Å². The molecule has 1 atom stereocenters. The lowest BCUT2D eigenvalue weighted by Gasteiger charge is -2.21. The van der Waals surface area contributed by atoms with Crippen molar-refractivity contribution in [2.24, 2.45) is 5.92 Å². The second kappa shape index (κ2) is 13.9. The minimum atomic E-state index is -4.80. The Kier molecular flexibility index (Phi) is 10.1. The summed E-state index contributed by atoms with van der Waals surface area (Å²) >= 11 is 0. The van der Waals surface area contributed by atoms with Crippen molar-refractivity contribution in [2.45, 2.75) is 58.1 Å². The topological polar surface area (TPSA) is 129 Å². The number of carbonyl (C=O) groups is 2. The zero-order chi connectivity index (χ0) is 29.2. The Labute approximate surface area is 233 Å². The summed E-state index contributed by atoms with van der Waals surface area (Å²) in [6.07, 6.45) is 1.91. The lowest BCUT2D eigenvalue weighted by molar-refractivity contribution is -0.274. The summed E-state index contributed by atoms with van der Waals surface area (Å²) < 4.78 is 49.5. The molecule has 0 radical (unpaired) electrons. The van der Waals surface area contributed by atoms with Crippen LogP contribution in [0.15, 0.2) is 53.6 Å². The SMILES string of the molecule is O=C(CC1CCCOC1)Nc1ccn(CCCCn2cc(C(=O)NCc3cccc(OC(F)(F)F)c3)nn2)c(=O)c1. The van der Waals surface area contributed by atoms with Crippen LogP contribution in [0.1, 0.15) is 48.2 Å². The van der Waals surface area contributed by atoms with E-state index in [1.54, 1.807) is 22.9 Å². The van der Waals surface area contributed by atoms with Crippen LogP contribution in [0.5, 0.6) is 5.75 Å². The van der Waals surface area contributed by atoms with Gasteiger partial charge in [0.1, 0.15) is 5.75 Å². The second-order valence-electron chi connectivity index (χ2n) is 9.73. The largest absolute Gasteiger partial charge is 0.573 e. The number of halogens is 3. The van der Waals surface area contributed by atoms with Gasteiger partial charge in [0, 0.05) is 57.2 Å². The minimum Gasteiger partial charge on any atom is -0.406 e. The Bertz CT molecular complexity index is 1380. The maximum absolute atomic E-state index is 12.5. The number of nitrogens with zero attached hydrogens (tertiary/aromatic N) is 4. The molecule has 1 unspecified atom stereocenters. The molecule has 4 rings (SSSR count). The monoisotopic (exact) mass is 576 g/mol. The van der Waals surface area contributed by atoms with Gasteiger partial charge in [-0.05, 0) is 55.4 Å². The minimum absolute atomic E-state index is 0.0204. The lowest BCUT2D eigenvalue weighted by atomic mass is 9.98. The van der Waals surface area contributed by atoms with E-state index in [0.29, 0.717) is 50.2 Å². The number of amides is 2. The number of hydrogen-bond donors (Lipinski definition) is 2. The summed E-state index contributed by atoms with van der Waals surface area (Å²) in [7, 11) is 0. The Balaban J connectivity index is 1.17. The summed E-state index contributed by atoms with van der Waals surface area (Å²) in [6.45, 7) is 2.23. The van der Waals surface area contributed by atoms with E-state index in [1.807, 2.05) is 0 Å². The third kappa shape index (κ3) is 9.74. The van der Waals surface area contributed by atoms with Crippen LogP contribution in [0.3, 0.4) is 0 Å². The van der Waals surface area contributed by atoms with Crippen LogP contribution in [0.4, 0.5) is 18.9 Å². The van der Waals surface area contributed by atoms with Crippen LogP contribution in [0, 0.1) is 5.92 Å². The van der Waals surface area contributed by atoms with Gasteiger partial charge in [-0.1, -0.05) is 17.3 Å². The molecule has 1 aliphatic rings. The molecule has 11 nitrogen and oxygen atoms in total. The van der Waals surface area contributed by atoms with Crippen LogP contribution in [-0.2, 0) is 29.2 Å². The van der Waals surface area contributed by atoms with E-state index < -0.39 is 12.3 Å². The Hall–Kier alpha value is -4.20. The molecular weight excluding hydrogens is 545 g/mol. The Morgan fingerprint density at radius 2 is 1.98 bits per heavy atom. The van der Waals surface area contributed by atoms with Crippen molar-refractivity contribution in [1.82, 2.24) is 24.9 Å². The van der Waals surface area contributed by atoms with Gasteiger partial charge in [0.25, 0.3) is 11.5 Å². The summed E-state index contributed by atoms with van der Waals surface area (Å²) in [5.74, 6) is -0.832. The zero-order valence-corrected chi connectivity index (χ0v) is 22.2. The van der Waals surface area contributed by atoms with Gasteiger partial charge in [-0.25, -0.2) is 0 Å². The highest BCUT2D eigenvalue weighted by Gasteiger charge is 2.31. The number of rotatable bonds is 12. The van der Waals surface area contributed by atoms with E-state index in [-0.39, 0.29) is 35.4 Å². The lowest BCUT2D eigenvalue weighted by Crippen LogP contribution is -2.25. The number of aromatic nitrogens is 4. The predicted octanol–water partition coefficient (Wildman–Crippen LogP) is 3.50. The number of carbonyl (C=O) groups excluding carboxylic acids is 2. The first-order chi connectivity index (χ1) is 19.6. The first kappa shape index (κ1) is 29.8. The smallest absolute Gasteiger partial charge is 0.406 e. The maximum atomic E-state index is 12.5. The average molecular weight is 577 g/mol. The number of hydrogen-bond acceptors (Lipinski definition) is 7. The average Bonchev–Trinajstić information content (AvgIpc) is 3.40.